The Hall–Kier alpha value is -1.06. The zero-order valence-corrected chi connectivity index (χ0v) is 10.3. The zero-order chi connectivity index (χ0) is 12.1. The maximum absolute atomic E-state index is 9.06. The van der Waals surface area contributed by atoms with Gasteiger partial charge in [0.15, 0.2) is 0 Å². The van der Waals surface area contributed by atoms with Gasteiger partial charge in [-0.25, -0.2) is 0 Å². The van der Waals surface area contributed by atoms with Crippen LogP contribution >= 0.6 is 0 Å². The second-order valence-electron chi connectivity index (χ2n) is 4.64. The minimum atomic E-state index is 0.302. The first-order chi connectivity index (χ1) is 8.33. The summed E-state index contributed by atoms with van der Waals surface area (Å²) in [4.78, 5) is 0. The van der Waals surface area contributed by atoms with Crippen LogP contribution in [0.1, 0.15) is 18.4 Å². The van der Waals surface area contributed by atoms with Crippen LogP contribution in [0.25, 0.3) is 0 Å². The first-order valence-corrected chi connectivity index (χ1v) is 6.15. The highest BCUT2D eigenvalue weighted by Gasteiger charge is 2.29. The third-order valence-electron chi connectivity index (χ3n) is 3.57. The van der Waals surface area contributed by atoms with E-state index < -0.39 is 0 Å². The van der Waals surface area contributed by atoms with Gasteiger partial charge in [0, 0.05) is 6.61 Å². The van der Waals surface area contributed by atoms with E-state index in [1.54, 1.807) is 7.11 Å². The van der Waals surface area contributed by atoms with Crippen molar-refractivity contribution >= 4 is 0 Å². The van der Waals surface area contributed by atoms with Crippen LogP contribution in [0.2, 0.25) is 0 Å². The Labute approximate surface area is 102 Å². The van der Waals surface area contributed by atoms with Crippen molar-refractivity contribution in [1.29, 1.82) is 0 Å². The topological polar surface area (TPSA) is 38.7 Å². The lowest BCUT2D eigenvalue weighted by Gasteiger charge is -2.34. The Morgan fingerprint density at radius 3 is 2.41 bits per heavy atom. The van der Waals surface area contributed by atoms with Crippen LogP contribution in [0.5, 0.6) is 5.75 Å². The quantitative estimate of drug-likeness (QED) is 0.823. The molecule has 1 N–H and O–H groups in total. The van der Waals surface area contributed by atoms with E-state index in [0.29, 0.717) is 25.0 Å². The number of methoxy groups -OCH3 is 1. The summed E-state index contributed by atoms with van der Waals surface area (Å²) < 4.78 is 10.8. The molecular weight excluding hydrogens is 216 g/mol. The van der Waals surface area contributed by atoms with Gasteiger partial charge in [0.2, 0.25) is 0 Å². The third-order valence-corrected chi connectivity index (χ3v) is 3.57. The minimum absolute atomic E-state index is 0.302. The van der Waals surface area contributed by atoms with Crippen LogP contribution in [-0.4, -0.2) is 25.4 Å². The molecule has 0 aliphatic heterocycles. The van der Waals surface area contributed by atoms with Crippen LogP contribution in [-0.2, 0) is 11.3 Å². The molecule has 1 aliphatic carbocycles. The lowest BCUT2D eigenvalue weighted by atomic mass is 9.75. The molecule has 2 rings (SSSR count). The predicted octanol–water partition coefficient (Wildman–Crippen LogP) is 2.23. The molecular formula is C14H20O3. The summed E-state index contributed by atoms with van der Waals surface area (Å²) in [6, 6.07) is 7.92. The van der Waals surface area contributed by atoms with E-state index >= 15 is 0 Å². The van der Waals surface area contributed by atoms with Crippen molar-refractivity contribution in [3.8, 4) is 5.75 Å². The van der Waals surface area contributed by atoms with Crippen molar-refractivity contribution in [3.05, 3.63) is 29.8 Å². The molecule has 1 aliphatic rings. The fourth-order valence-corrected chi connectivity index (χ4v) is 2.15. The summed E-state index contributed by atoms with van der Waals surface area (Å²) in [6.45, 7) is 1.70. The highest BCUT2D eigenvalue weighted by Crippen LogP contribution is 2.33. The third kappa shape index (κ3) is 3.20. The maximum atomic E-state index is 9.06. The molecule has 1 aromatic carbocycles. The first kappa shape index (κ1) is 12.4. The average molecular weight is 236 g/mol. The molecule has 0 amide bonds. The summed E-state index contributed by atoms with van der Waals surface area (Å²) in [5.74, 6) is 1.89. The Bertz CT molecular complexity index is 332. The van der Waals surface area contributed by atoms with Gasteiger partial charge in [0.25, 0.3) is 0 Å². The van der Waals surface area contributed by atoms with Crippen LogP contribution < -0.4 is 4.74 Å². The first-order valence-electron chi connectivity index (χ1n) is 6.15. The van der Waals surface area contributed by atoms with Gasteiger partial charge in [-0.05, 0) is 42.4 Å². The van der Waals surface area contributed by atoms with E-state index in [1.165, 1.54) is 6.42 Å². The lowest BCUT2D eigenvalue weighted by molar-refractivity contribution is 0.00149. The van der Waals surface area contributed by atoms with Crippen molar-refractivity contribution in [3.63, 3.8) is 0 Å². The largest absolute Gasteiger partial charge is 0.497 e. The molecule has 0 spiro atoms. The number of rotatable bonds is 6. The summed E-state index contributed by atoms with van der Waals surface area (Å²) in [6.07, 6.45) is 2.33. The Morgan fingerprint density at radius 1 is 1.18 bits per heavy atom. The van der Waals surface area contributed by atoms with Crippen molar-refractivity contribution in [2.24, 2.45) is 11.8 Å². The van der Waals surface area contributed by atoms with Gasteiger partial charge in [0.05, 0.1) is 20.3 Å². The van der Waals surface area contributed by atoms with Gasteiger partial charge in [-0.3, -0.25) is 0 Å². The van der Waals surface area contributed by atoms with Crippen molar-refractivity contribution in [2.75, 3.05) is 20.3 Å². The maximum Gasteiger partial charge on any atom is 0.118 e. The van der Waals surface area contributed by atoms with E-state index in [0.717, 1.165) is 24.3 Å². The van der Waals surface area contributed by atoms with Gasteiger partial charge in [0.1, 0.15) is 5.75 Å². The Kier molecular flexibility index (Phi) is 4.40. The molecule has 2 atom stereocenters. The van der Waals surface area contributed by atoms with E-state index in [4.69, 9.17) is 14.6 Å². The second kappa shape index (κ2) is 6.03. The van der Waals surface area contributed by atoms with Crippen molar-refractivity contribution < 1.29 is 14.6 Å². The van der Waals surface area contributed by atoms with Crippen LogP contribution in [0.4, 0.5) is 0 Å². The molecule has 0 unspecified atom stereocenters. The van der Waals surface area contributed by atoms with Crippen LogP contribution in [0.3, 0.4) is 0 Å². The number of hydrogen-bond acceptors (Lipinski definition) is 3. The SMILES string of the molecule is COc1ccc(COC[C@@H]2CC[C@H]2CO)cc1. The molecule has 94 valence electrons. The number of ether oxygens (including phenoxy) is 2. The summed E-state index contributed by atoms with van der Waals surface area (Å²) in [5.41, 5.74) is 1.16. The van der Waals surface area contributed by atoms with Crippen molar-refractivity contribution in [2.45, 2.75) is 19.4 Å². The molecule has 0 saturated heterocycles. The van der Waals surface area contributed by atoms with Crippen molar-refractivity contribution in [1.82, 2.24) is 0 Å². The van der Waals surface area contributed by atoms with Crippen LogP contribution in [0, 0.1) is 11.8 Å². The normalized spacial score (nSPS) is 23.2. The molecule has 17 heavy (non-hydrogen) atoms. The number of benzene rings is 1. The minimum Gasteiger partial charge on any atom is -0.497 e. The second-order valence-corrected chi connectivity index (χ2v) is 4.64. The lowest BCUT2D eigenvalue weighted by Crippen LogP contribution is -2.32. The average Bonchev–Trinajstić information content (AvgIpc) is 2.34. The smallest absolute Gasteiger partial charge is 0.118 e. The standard InChI is InChI=1S/C14H20O3/c1-16-14-6-2-11(3-7-14)9-17-10-13-5-4-12(13)8-15/h2-3,6-7,12-13,15H,4-5,8-10H2,1H3/t12-,13-/m0/s1. The summed E-state index contributed by atoms with van der Waals surface area (Å²) >= 11 is 0. The highest BCUT2D eigenvalue weighted by atomic mass is 16.5. The number of hydrogen-bond donors (Lipinski definition) is 1. The van der Waals surface area contributed by atoms with Gasteiger partial charge < -0.3 is 14.6 Å². The van der Waals surface area contributed by atoms with E-state index in [1.807, 2.05) is 24.3 Å². The summed E-state index contributed by atoms with van der Waals surface area (Å²) in [5, 5.41) is 9.06. The molecule has 0 radical (unpaired) electrons. The highest BCUT2D eigenvalue weighted by molar-refractivity contribution is 5.26. The Balaban J connectivity index is 1.70. The molecule has 1 aromatic rings. The molecule has 0 bridgehead atoms. The number of aliphatic hydroxyl groups is 1. The van der Waals surface area contributed by atoms with Crippen LogP contribution in [0.15, 0.2) is 24.3 Å². The van der Waals surface area contributed by atoms with Gasteiger partial charge in [-0.15, -0.1) is 0 Å². The monoisotopic (exact) mass is 236 g/mol. The van der Waals surface area contributed by atoms with Gasteiger partial charge >= 0.3 is 0 Å². The molecule has 1 fully saturated rings. The molecule has 0 aromatic heterocycles. The van der Waals surface area contributed by atoms with E-state index in [-0.39, 0.29) is 0 Å². The molecule has 1 saturated carbocycles. The fourth-order valence-electron chi connectivity index (χ4n) is 2.15. The molecule has 0 heterocycles. The molecule has 3 nitrogen and oxygen atoms in total. The van der Waals surface area contributed by atoms with E-state index in [9.17, 15) is 0 Å². The zero-order valence-electron chi connectivity index (χ0n) is 10.3. The molecule has 3 heteroatoms. The van der Waals surface area contributed by atoms with Gasteiger partial charge in [-0.2, -0.15) is 0 Å². The van der Waals surface area contributed by atoms with E-state index in [2.05, 4.69) is 0 Å². The van der Waals surface area contributed by atoms with Gasteiger partial charge in [-0.1, -0.05) is 12.1 Å². The number of aliphatic hydroxyl groups excluding tert-OH is 1. The fraction of sp³-hybridized carbons (Fsp3) is 0.571. The predicted molar refractivity (Wildman–Crippen MR) is 65.9 cm³/mol. The Morgan fingerprint density at radius 2 is 1.88 bits per heavy atom. The summed E-state index contributed by atoms with van der Waals surface area (Å²) in [7, 11) is 1.66.